The van der Waals surface area contributed by atoms with Gasteiger partial charge >= 0.3 is 0 Å². The number of hydrogen-bond donors (Lipinski definition) is 1. The molecule has 112 valence electrons. The van der Waals surface area contributed by atoms with Crippen molar-refractivity contribution in [1.82, 2.24) is 9.88 Å². The normalized spacial score (nSPS) is 31.8. The summed E-state index contributed by atoms with van der Waals surface area (Å²) < 4.78 is 11.2. The number of thiazole rings is 1. The first-order valence-electron chi connectivity index (χ1n) is 7.28. The molecule has 2 saturated heterocycles. The molecule has 0 spiro atoms. The smallest absolute Gasteiger partial charge is 0.122 e. The Morgan fingerprint density at radius 1 is 1.50 bits per heavy atom. The van der Waals surface area contributed by atoms with Crippen molar-refractivity contribution in [3.05, 3.63) is 16.1 Å². The molecule has 0 radical (unpaired) electrons. The molecule has 0 aliphatic carbocycles. The van der Waals surface area contributed by atoms with E-state index in [0.29, 0.717) is 12.6 Å². The van der Waals surface area contributed by atoms with Crippen molar-refractivity contribution in [3.63, 3.8) is 0 Å². The molecule has 2 aliphatic rings. The maximum Gasteiger partial charge on any atom is 0.122 e. The van der Waals surface area contributed by atoms with Gasteiger partial charge in [-0.05, 0) is 19.8 Å². The zero-order valence-corrected chi connectivity index (χ0v) is 12.6. The first kappa shape index (κ1) is 14.4. The summed E-state index contributed by atoms with van der Waals surface area (Å²) in [6.07, 6.45) is 2.37. The highest BCUT2D eigenvalue weighted by molar-refractivity contribution is 7.09. The van der Waals surface area contributed by atoms with Crippen LogP contribution in [0.2, 0.25) is 0 Å². The molecule has 3 heterocycles. The Hall–Kier alpha value is -0.530. The quantitative estimate of drug-likeness (QED) is 0.914. The van der Waals surface area contributed by atoms with Gasteiger partial charge in [0, 0.05) is 31.1 Å². The predicted molar refractivity (Wildman–Crippen MR) is 76.7 cm³/mol. The number of aromatic nitrogens is 1. The summed E-state index contributed by atoms with van der Waals surface area (Å²) in [5.74, 6) is 0. The molecule has 20 heavy (non-hydrogen) atoms. The molecule has 1 aromatic heterocycles. The van der Waals surface area contributed by atoms with Crippen LogP contribution in [0.3, 0.4) is 0 Å². The van der Waals surface area contributed by atoms with Crippen LogP contribution >= 0.6 is 11.3 Å². The molecule has 0 bridgehead atoms. The van der Waals surface area contributed by atoms with Gasteiger partial charge in [0.1, 0.15) is 11.1 Å². The van der Waals surface area contributed by atoms with Crippen LogP contribution in [0, 0.1) is 0 Å². The van der Waals surface area contributed by atoms with Crippen molar-refractivity contribution in [3.8, 4) is 0 Å². The van der Waals surface area contributed by atoms with E-state index < -0.39 is 0 Å². The summed E-state index contributed by atoms with van der Waals surface area (Å²) in [6.45, 7) is 5.36. The van der Waals surface area contributed by atoms with Gasteiger partial charge in [-0.25, -0.2) is 4.98 Å². The second kappa shape index (κ2) is 6.49. The Morgan fingerprint density at radius 2 is 2.40 bits per heavy atom. The summed E-state index contributed by atoms with van der Waals surface area (Å²) in [7, 11) is 0. The first-order valence-corrected chi connectivity index (χ1v) is 8.16. The van der Waals surface area contributed by atoms with Crippen LogP contribution in [-0.2, 0) is 16.0 Å². The van der Waals surface area contributed by atoms with Gasteiger partial charge in [-0.15, -0.1) is 11.3 Å². The topological polar surface area (TPSA) is 54.8 Å². The average Bonchev–Trinajstić information content (AvgIpc) is 3.12. The van der Waals surface area contributed by atoms with Crippen molar-refractivity contribution in [2.24, 2.45) is 0 Å². The van der Waals surface area contributed by atoms with Crippen LogP contribution in [0.25, 0.3) is 0 Å². The van der Waals surface area contributed by atoms with Gasteiger partial charge in [-0.2, -0.15) is 0 Å². The number of rotatable bonds is 4. The molecule has 0 aromatic carbocycles. The summed E-state index contributed by atoms with van der Waals surface area (Å²) in [5.41, 5.74) is 1.10. The Balaban J connectivity index is 1.61. The molecular weight excluding hydrogens is 276 g/mol. The van der Waals surface area contributed by atoms with E-state index in [2.05, 4.69) is 17.2 Å². The molecule has 3 rings (SSSR count). The molecule has 3 unspecified atom stereocenters. The van der Waals surface area contributed by atoms with Gasteiger partial charge < -0.3 is 14.6 Å². The molecule has 5 nitrogen and oxygen atoms in total. The van der Waals surface area contributed by atoms with Gasteiger partial charge in [0.05, 0.1) is 25.0 Å². The van der Waals surface area contributed by atoms with Gasteiger partial charge in [-0.1, -0.05) is 0 Å². The number of morpholine rings is 1. The first-order chi connectivity index (χ1) is 9.76. The van der Waals surface area contributed by atoms with Gasteiger partial charge in [0.15, 0.2) is 0 Å². The van der Waals surface area contributed by atoms with E-state index >= 15 is 0 Å². The molecule has 2 fully saturated rings. The fraction of sp³-hybridized carbons (Fsp3) is 0.786. The summed E-state index contributed by atoms with van der Waals surface area (Å²) in [4.78, 5) is 7.05. The van der Waals surface area contributed by atoms with Crippen molar-refractivity contribution < 1.29 is 14.6 Å². The molecule has 2 aliphatic heterocycles. The maximum absolute atomic E-state index is 9.23. The van der Waals surface area contributed by atoms with Gasteiger partial charge in [0.25, 0.3) is 0 Å². The SMILES string of the molecule is CC1COC(CO)CN1Cc1csc(C2CCCO2)n1. The lowest BCUT2D eigenvalue weighted by molar-refractivity contribution is -0.0808. The number of aliphatic hydroxyl groups is 1. The monoisotopic (exact) mass is 298 g/mol. The Labute approximate surface area is 123 Å². The maximum atomic E-state index is 9.23. The highest BCUT2D eigenvalue weighted by Gasteiger charge is 2.27. The summed E-state index contributed by atoms with van der Waals surface area (Å²) in [5, 5.41) is 12.5. The number of hydrogen-bond acceptors (Lipinski definition) is 6. The van der Waals surface area contributed by atoms with E-state index in [4.69, 9.17) is 14.5 Å². The van der Waals surface area contributed by atoms with E-state index in [1.54, 1.807) is 11.3 Å². The number of aliphatic hydroxyl groups excluding tert-OH is 1. The van der Waals surface area contributed by atoms with Crippen LogP contribution in [0.4, 0.5) is 0 Å². The summed E-state index contributed by atoms with van der Waals surface area (Å²) in [6, 6.07) is 0.366. The lowest BCUT2D eigenvalue weighted by Crippen LogP contribution is -2.48. The van der Waals surface area contributed by atoms with E-state index in [-0.39, 0.29) is 18.8 Å². The lowest BCUT2D eigenvalue weighted by Gasteiger charge is -2.36. The second-order valence-electron chi connectivity index (χ2n) is 5.60. The molecule has 1 N–H and O–H groups in total. The molecular formula is C14H22N2O3S. The van der Waals surface area contributed by atoms with E-state index in [9.17, 15) is 5.11 Å². The number of ether oxygens (including phenoxy) is 2. The molecule has 0 amide bonds. The van der Waals surface area contributed by atoms with Crippen LogP contribution in [-0.4, -0.2) is 53.5 Å². The van der Waals surface area contributed by atoms with Crippen molar-refractivity contribution in [2.45, 2.75) is 44.6 Å². The zero-order chi connectivity index (χ0) is 13.9. The van der Waals surface area contributed by atoms with Crippen LogP contribution < -0.4 is 0 Å². The third kappa shape index (κ3) is 3.20. The average molecular weight is 298 g/mol. The summed E-state index contributed by atoms with van der Waals surface area (Å²) >= 11 is 1.70. The van der Waals surface area contributed by atoms with E-state index in [1.165, 1.54) is 0 Å². The predicted octanol–water partition coefficient (Wildman–Crippen LogP) is 1.58. The Morgan fingerprint density at radius 3 is 3.15 bits per heavy atom. The van der Waals surface area contributed by atoms with Crippen molar-refractivity contribution in [2.75, 3.05) is 26.4 Å². The Bertz CT molecular complexity index is 434. The van der Waals surface area contributed by atoms with E-state index in [1.807, 2.05) is 0 Å². The fourth-order valence-corrected chi connectivity index (χ4v) is 3.62. The third-order valence-electron chi connectivity index (χ3n) is 3.98. The molecule has 6 heteroatoms. The largest absolute Gasteiger partial charge is 0.394 e. The zero-order valence-electron chi connectivity index (χ0n) is 11.8. The second-order valence-corrected chi connectivity index (χ2v) is 6.48. The van der Waals surface area contributed by atoms with Crippen LogP contribution in [0.5, 0.6) is 0 Å². The van der Waals surface area contributed by atoms with Crippen LogP contribution in [0.1, 0.15) is 36.6 Å². The highest BCUT2D eigenvalue weighted by Crippen LogP contribution is 2.31. The minimum atomic E-state index is -0.0672. The van der Waals surface area contributed by atoms with Gasteiger partial charge in [-0.3, -0.25) is 4.90 Å². The Kier molecular flexibility index (Phi) is 4.68. The molecule has 0 saturated carbocycles. The van der Waals surface area contributed by atoms with Crippen molar-refractivity contribution in [1.29, 1.82) is 0 Å². The minimum absolute atomic E-state index is 0.0672. The number of nitrogens with zero attached hydrogens (tertiary/aromatic N) is 2. The fourth-order valence-electron chi connectivity index (χ4n) is 2.73. The van der Waals surface area contributed by atoms with Gasteiger partial charge in [0.2, 0.25) is 0 Å². The minimum Gasteiger partial charge on any atom is -0.394 e. The highest BCUT2D eigenvalue weighted by atomic mass is 32.1. The van der Waals surface area contributed by atoms with Crippen molar-refractivity contribution >= 4 is 11.3 Å². The third-order valence-corrected chi connectivity index (χ3v) is 4.96. The van der Waals surface area contributed by atoms with E-state index in [0.717, 1.165) is 43.2 Å². The molecule has 1 aromatic rings. The molecule has 3 atom stereocenters. The van der Waals surface area contributed by atoms with Crippen LogP contribution in [0.15, 0.2) is 5.38 Å². The lowest BCUT2D eigenvalue weighted by atomic mass is 10.2. The standard InChI is InChI=1S/C14H22N2O3S/c1-10-8-19-12(7-17)6-16(10)5-11-9-20-14(15-11)13-3-2-4-18-13/h9-10,12-13,17H,2-8H2,1H3.